The summed E-state index contributed by atoms with van der Waals surface area (Å²) in [5.74, 6) is 0.864. The van der Waals surface area contributed by atoms with Crippen LogP contribution in [0.3, 0.4) is 0 Å². The summed E-state index contributed by atoms with van der Waals surface area (Å²) in [6.07, 6.45) is 6.36. The Balaban J connectivity index is 1.97. The van der Waals surface area contributed by atoms with Crippen LogP contribution in [0.5, 0.6) is 0 Å². The number of likely N-dealkylation sites (tertiary alicyclic amines) is 1. The Kier molecular flexibility index (Phi) is 9.45. The fourth-order valence-corrected chi connectivity index (χ4v) is 4.05. The molecule has 150 valence electrons. The summed E-state index contributed by atoms with van der Waals surface area (Å²) >= 11 is 0. The van der Waals surface area contributed by atoms with Crippen LogP contribution in [0.2, 0.25) is 0 Å². The molecule has 2 heterocycles. The number of nitriles is 2. The van der Waals surface area contributed by atoms with E-state index < -0.39 is 0 Å². The second kappa shape index (κ2) is 11.8. The smallest absolute Gasteiger partial charge is 0.169 e. The number of nitrogens with zero attached hydrogens (tertiary/aromatic N) is 6. The number of likely N-dealkylation sites (N-methyl/N-ethyl adjacent to an activating group) is 1. The van der Waals surface area contributed by atoms with Crippen LogP contribution in [0.25, 0.3) is 0 Å². The fraction of sp³-hybridized carbons (Fsp3) is 0.810. The van der Waals surface area contributed by atoms with Gasteiger partial charge in [-0.3, -0.25) is 0 Å². The van der Waals surface area contributed by atoms with Crippen molar-refractivity contribution in [3.63, 3.8) is 0 Å². The number of allylic oxidation sites excluding steroid dienone is 1. The normalized spacial score (nSPS) is 18.0. The summed E-state index contributed by atoms with van der Waals surface area (Å²) in [6.45, 7) is 14.6. The molecule has 0 aromatic rings. The third kappa shape index (κ3) is 6.41. The molecule has 0 bridgehead atoms. The maximum absolute atomic E-state index is 9.47. The lowest BCUT2D eigenvalue weighted by atomic mass is 10.1. The van der Waals surface area contributed by atoms with Crippen molar-refractivity contribution in [1.29, 1.82) is 10.5 Å². The van der Waals surface area contributed by atoms with Crippen molar-refractivity contribution in [3.05, 3.63) is 11.4 Å². The number of hydrogen-bond donors (Lipinski definition) is 0. The highest BCUT2D eigenvalue weighted by atomic mass is 15.4. The number of rotatable bonds is 10. The van der Waals surface area contributed by atoms with Gasteiger partial charge in [0.15, 0.2) is 5.57 Å². The van der Waals surface area contributed by atoms with Gasteiger partial charge >= 0.3 is 0 Å². The van der Waals surface area contributed by atoms with Crippen LogP contribution in [-0.2, 0) is 0 Å². The quantitative estimate of drug-likeness (QED) is 0.549. The summed E-state index contributed by atoms with van der Waals surface area (Å²) in [6, 6.07) is 4.27. The van der Waals surface area contributed by atoms with Crippen LogP contribution in [0.4, 0.5) is 0 Å². The van der Waals surface area contributed by atoms with E-state index in [1.807, 2.05) is 0 Å². The first-order chi connectivity index (χ1) is 13.2. The molecular weight excluding hydrogens is 336 g/mol. The van der Waals surface area contributed by atoms with E-state index in [1.165, 1.54) is 45.2 Å². The highest BCUT2D eigenvalue weighted by Crippen LogP contribution is 2.22. The summed E-state index contributed by atoms with van der Waals surface area (Å²) in [7, 11) is 0. The van der Waals surface area contributed by atoms with E-state index in [2.05, 4.69) is 45.6 Å². The predicted octanol–water partition coefficient (Wildman–Crippen LogP) is 2.47. The van der Waals surface area contributed by atoms with Gasteiger partial charge in [-0.05, 0) is 45.4 Å². The summed E-state index contributed by atoms with van der Waals surface area (Å²) in [5.41, 5.74) is 0.266. The molecule has 6 heteroatoms. The zero-order valence-electron chi connectivity index (χ0n) is 17.3. The molecule has 2 aliphatic rings. The SMILES string of the molecule is CCCCN(CC)CCN1CCN(CCN2CCCCC2)C1=C(C#N)C#N. The van der Waals surface area contributed by atoms with Crippen molar-refractivity contribution >= 4 is 0 Å². The molecule has 0 aromatic carbocycles. The highest BCUT2D eigenvalue weighted by Gasteiger charge is 2.28. The van der Waals surface area contributed by atoms with Crippen molar-refractivity contribution in [3.8, 4) is 12.1 Å². The molecule has 0 radical (unpaired) electrons. The van der Waals surface area contributed by atoms with Gasteiger partial charge in [0.1, 0.15) is 18.0 Å². The molecule has 2 saturated heterocycles. The molecule has 0 unspecified atom stereocenters. The largest absolute Gasteiger partial charge is 0.354 e. The molecule has 2 aliphatic heterocycles. The Bertz CT molecular complexity index is 536. The monoisotopic (exact) mass is 372 g/mol. The molecule has 0 aliphatic carbocycles. The van der Waals surface area contributed by atoms with Crippen LogP contribution < -0.4 is 0 Å². The van der Waals surface area contributed by atoms with Gasteiger partial charge in [0.25, 0.3) is 0 Å². The molecule has 2 fully saturated rings. The maximum Gasteiger partial charge on any atom is 0.169 e. The van der Waals surface area contributed by atoms with Crippen molar-refractivity contribution in [2.24, 2.45) is 0 Å². The highest BCUT2D eigenvalue weighted by molar-refractivity contribution is 5.40. The van der Waals surface area contributed by atoms with Gasteiger partial charge in [-0.2, -0.15) is 10.5 Å². The fourth-order valence-electron chi connectivity index (χ4n) is 4.05. The van der Waals surface area contributed by atoms with Crippen LogP contribution in [-0.4, -0.2) is 85.0 Å². The summed E-state index contributed by atoms with van der Waals surface area (Å²) in [5, 5.41) is 18.9. The van der Waals surface area contributed by atoms with Gasteiger partial charge in [0.05, 0.1) is 0 Å². The first-order valence-corrected chi connectivity index (χ1v) is 10.7. The Hall–Kier alpha value is -1.76. The molecule has 0 spiro atoms. The van der Waals surface area contributed by atoms with Crippen LogP contribution in [0, 0.1) is 22.7 Å². The molecule has 0 saturated carbocycles. The average Bonchev–Trinajstić information content (AvgIpc) is 3.11. The van der Waals surface area contributed by atoms with Crippen LogP contribution in [0.1, 0.15) is 46.0 Å². The van der Waals surface area contributed by atoms with E-state index in [0.29, 0.717) is 0 Å². The molecule has 6 nitrogen and oxygen atoms in total. The van der Waals surface area contributed by atoms with E-state index in [1.54, 1.807) is 0 Å². The standard InChI is InChI=1S/C21H36N6/c1-3-5-9-24(4-2)12-14-26-16-17-27(21(26)20(18-22)19-23)15-13-25-10-7-6-8-11-25/h3-17H2,1-2H3. The minimum atomic E-state index is 0.266. The van der Waals surface area contributed by atoms with Gasteiger partial charge < -0.3 is 19.6 Å². The third-order valence-electron chi connectivity index (χ3n) is 5.78. The Morgan fingerprint density at radius 3 is 2.15 bits per heavy atom. The first-order valence-electron chi connectivity index (χ1n) is 10.7. The second-order valence-electron chi connectivity index (χ2n) is 7.59. The van der Waals surface area contributed by atoms with Crippen molar-refractivity contribution in [2.45, 2.75) is 46.0 Å². The molecule has 2 rings (SSSR count). The zero-order valence-corrected chi connectivity index (χ0v) is 17.3. The maximum atomic E-state index is 9.47. The lowest BCUT2D eigenvalue weighted by Crippen LogP contribution is -2.38. The number of hydrogen-bond acceptors (Lipinski definition) is 6. The lowest BCUT2D eigenvalue weighted by Gasteiger charge is -2.31. The van der Waals surface area contributed by atoms with Gasteiger partial charge in [0, 0.05) is 39.3 Å². The van der Waals surface area contributed by atoms with E-state index in [0.717, 1.165) is 58.2 Å². The minimum Gasteiger partial charge on any atom is -0.354 e. The van der Waals surface area contributed by atoms with Crippen molar-refractivity contribution in [2.75, 3.05) is 65.4 Å². The minimum absolute atomic E-state index is 0.266. The van der Waals surface area contributed by atoms with E-state index in [-0.39, 0.29) is 5.57 Å². The van der Waals surface area contributed by atoms with Gasteiger partial charge in [-0.25, -0.2) is 0 Å². The Morgan fingerprint density at radius 1 is 0.889 bits per heavy atom. The molecule has 0 aromatic heterocycles. The van der Waals surface area contributed by atoms with Crippen molar-refractivity contribution in [1.82, 2.24) is 19.6 Å². The zero-order chi connectivity index (χ0) is 19.5. The third-order valence-corrected chi connectivity index (χ3v) is 5.78. The average molecular weight is 373 g/mol. The number of unbranched alkanes of at least 4 members (excludes halogenated alkanes) is 1. The molecule has 0 N–H and O–H groups in total. The van der Waals surface area contributed by atoms with E-state index in [4.69, 9.17) is 0 Å². The van der Waals surface area contributed by atoms with Gasteiger partial charge in [0.2, 0.25) is 0 Å². The second-order valence-corrected chi connectivity index (χ2v) is 7.59. The molecule has 27 heavy (non-hydrogen) atoms. The summed E-state index contributed by atoms with van der Waals surface area (Å²) in [4.78, 5) is 9.51. The lowest BCUT2D eigenvalue weighted by molar-refractivity contribution is 0.199. The molecule has 0 atom stereocenters. The van der Waals surface area contributed by atoms with Gasteiger partial charge in [-0.15, -0.1) is 0 Å². The van der Waals surface area contributed by atoms with Crippen molar-refractivity contribution < 1.29 is 0 Å². The van der Waals surface area contributed by atoms with Gasteiger partial charge in [-0.1, -0.05) is 26.7 Å². The predicted molar refractivity (Wildman–Crippen MR) is 109 cm³/mol. The van der Waals surface area contributed by atoms with E-state index in [9.17, 15) is 10.5 Å². The topological polar surface area (TPSA) is 60.5 Å². The first kappa shape index (κ1) is 21.5. The summed E-state index contributed by atoms with van der Waals surface area (Å²) < 4.78 is 0. The van der Waals surface area contributed by atoms with Crippen LogP contribution >= 0.6 is 0 Å². The van der Waals surface area contributed by atoms with Crippen LogP contribution in [0.15, 0.2) is 11.4 Å². The molecular formula is C21H36N6. The Labute approximate surface area is 165 Å². The Morgan fingerprint density at radius 2 is 1.56 bits per heavy atom. The number of piperidine rings is 1. The molecule has 0 amide bonds. The van der Waals surface area contributed by atoms with E-state index >= 15 is 0 Å².